The SMILES string of the molecule is O=CN1CCN(c2cc(Nc3ccc(F)cc3)ncn2)CC1. The first-order chi connectivity index (χ1) is 10.7. The molecule has 1 aliphatic rings. The first kappa shape index (κ1) is 14.2. The number of halogens is 1. The molecule has 1 saturated heterocycles. The largest absolute Gasteiger partial charge is 0.353 e. The second-order valence-corrected chi connectivity index (χ2v) is 5.02. The fourth-order valence-corrected chi connectivity index (χ4v) is 2.33. The number of piperazine rings is 1. The summed E-state index contributed by atoms with van der Waals surface area (Å²) < 4.78 is 12.9. The van der Waals surface area contributed by atoms with E-state index in [1.54, 1.807) is 17.0 Å². The van der Waals surface area contributed by atoms with Crippen molar-refractivity contribution in [1.82, 2.24) is 14.9 Å². The fraction of sp³-hybridized carbons (Fsp3) is 0.267. The predicted molar refractivity (Wildman–Crippen MR) is 81.6 cm³/mol. The zero-order valence-corrected chi connectivity index (χ0v) is 11.9. The smallest absolute Gasteiger partial charge is 0.209 e. The van der Waals surface area contributed by atoms with Crippen molar-refractivity contribution in [2.24, 2.45) is 0 Å². The van der Waals surface area contributed by atoms with Crippen molar-refractivity contribution in [2.45, 2.75) is 0 Å². The van der Waals surface area contributed by atoms with Crippen LogP contribution < -0.4 is 10.2 Å². The van der Waals surface area contributed by atoms with Crippen molar-refractivity contribution >= 4 is 23.7 Å². The second-order valence-electron chi connectivity index (χ2n) is 5.02. The third-order valence-electron chi connectivity index (χ3n) is 3.56. The Hall–Kier alpha value is -2.70. The lowest BCUT2D eigenvalue weighted by Gasteiger charge is -2.33. The summed E-state index contributed by atoms with van der Waals surface area (Å²) in [6.45, 7) is 2.86. The van der Waals surface area contributed by atoms with Crippen LogP contribution >= 0.6 is 0 Å². The van der Waals surface area contributed by atoms with E-state index in [0.29, 0.717) is 18.9 Å². The fourth-order valence-electron chi connectivity index (χ4n) is 2.33. The number of anilines is 3. The van der Waals surface area contributed by atoms with Crippen molar-refractivity contribution in [2.75, 3.05) is 36.4 Å². The number of carbonyl (C=O) groups is 1. The van der Waals surface area contributed by atoms with Crippen LogP contribution in [0.2, 0.25) is 0 Å². The summed E-state index contributed by atoms with van der Waals surface area (Å²) in [5, 5.41) is 3.12. The van der Waals surface area contributed by atoms with Crippen LogP contribution in [-0.4, -0.2) is 47.5 Å². The number of hydrogen-bond acceptors (Lipinski definition) is 5. The van der Waals surface area contributed by atoms with Crippen molar-refractivity contribution in [3.8, 4) is 0 Å². The van der Waals surface area contributed by atoms with E-state index in [9.17, 15) is 9.18 Å². The molecule has 2 aromatic rings. The van der Waals surface area contributed by atoms with Crippen molar-refractivity contribution < 1.29 is 9.18 Å². The van der Waals surface area contributed by atoms with Gasteiger partial charge in [-0.05, 0) is 24.3 Å². The molecule has 0 radical (unpaired) electrons. The van der Waals surface area contributed by atoms with Gasteiger partial charge >= 0.3 is 0 Å². The molecule has 1 aromatic heterocycles. The molecule has 0 bridgehead atoms. The molecule has 0 saturated carbocycles. The molecule has 7 heteroatoms. The lowest BCUT2D eigenvalue weighted by molar-refractivity contribution is -0.118. The van der Waals surface area contributed by atoms with Crippen LogP contribution in [0, 0.1) is 5.82 Å². The highest BCUT2D eigenvalue weighted by Crippen LogP contribution is 2.19. The number of hydrogen-bond donors (Lipinski definition) is 1. The quantitative estimate of drug-likeness (QED) is 0.870. The number of amides is 1. The molecule has 6 nitrogen and oxygen atoms in total. The van der Waals surface area contributed by atoms with Crippen LogP contribution in [-0.2, 0) is 4.79 Å². The maximum Gasteiger partial charge on any atom is 0.209 e. The average molecular weight is 301 g/mol. The van der Waals surface area contributed by atoms with E-state index in [-0.39, 0.29) is 5.82 Å². The standard InChI is InChI=1S/C15H16FN5O/c16-12-1-3-13(4-2-12)19-14-9-15(18-10-17-14)21-7-5-20(11-22)6-8-21/h1-4,9-11H,5-8H2,(H,17,18,19). The summed E-state index contributed by atoms with van der Waals surface area (Å²) in [6.07, 6.45) is 2.37. The number of nitrogens with zero attached hydrogens (tertiary/aromatic N) is 4. The van der Waals surface area contributed by atoms with Crippen LogP contribution in [0.5, 0.6) is 0 Å². The van der Waals surface area contributed by atoms with Gasteiger partial charge in [-0.3, -0.25) is 4.79 Å². The van der Waals surface area contributed by atoms with Gasteiger partial charge in [0.05, 0.1) is 0 Å². The monoisotopic (exact) mass is 301 g/mol. The molecule has 1 aliphatic heterocycles. The minimum absolute atomic E-state index is 0.276. The molecule has 1 N–H and O–H groups in total. The average Bonchev–Trinajstić information content (AvgIpc) is 2.57. The van der Waals surface area contributed by atoms with Gasteiger partial charge in [-0.2, -0.15) is 0 Å². The highest BCUT2D eigenvalue weighted by molar-refractivity contribution is 5.59. The summed E-state index contributed by atoms with van der Waals surface area (Å²) in [5.74, 6) is 1.18. The minimum atomic E-state index is -0.276. The van der Waals surface area contributed by atoms with Gasteiger partial charge in [0.1, 0.15) is 23.8 Å². The molecule has 0 spiro atoms. The van der Waals surface area contributed by atoms with Gasteiger partial charge in [-0.1, -0.05) is 0 Å². The zero-order valence-electron chi connectivity index (χ0n) is 11.9. The van der Waals surface area contributed by atoms with E-state index in [0.717, 1.165) is 31.0 Å². The van der Waals surface area contributed by atoms with Gasteiger partial charge in [0.15, 0.2) is 0 Å². The zero-order chi connectivity index (χ0) is 15.4. The van der Waals surface area contributed by atoms with E-state index < -0.39 is 0 Å². The van der Waals surface area contributed by atoms with Gasteiger partial charge in [0, 0.05) is 37.9 Å². The van der Waals surface area contributed by atoms with Crippen molar-refractivity contribution in [3.05, 3.63) is 42.5 Å². The molecule has 1 amide bonds. The summed E-state index contributed by atoms with van der Waals surface area (Å²) in [5.41, 5.74) is 0.761. The highest BCUT2D eigenvalue weighted by Gasteiger charge is 2.17. The van der Waals surface area contributed by atoms with Gasteiger partial charge in [-0.25, -0.2) is 14.4 Å². The van der Waals surface area contributed by atoms with Gasteiger partial charge in [0.2, 0.25) is 6.41 Å². The van der Waals surface area contributed by atoms with Crippen LogP contribution in [0.1, 0.15) is 0 Å². The third-order valence-corrected chi connectivity index (χ3v) is 3.56. The van der Waals surface area contributed by atoms with E-state index >= 15 is 0 Å². The molecular weight excluding hydrogens is 285 g/mol. The van der Waals surface area contributed by atoms with E-state index in [2.05, 4.69) is 20.2 Å². The Kier molecular flexibility index (Phi) is 4.13. The second kappa shape index (κ2) is 6.38. The maximum atomic E-state index is 12.9. The number of benzene rings is 1. The highest BCUT2D eigenvalue weighted by atomic mass is 19.1. The number of carbonyl (C=O) groups excluding carboxylic acids is 1. The summed E-state index contributed by atoms with van der Waals surface area (Å²) in [6, 6.07) is 7.94. The molecule has 1 fully saturated rings. The Balaban J connectivity index is 1.70. The normalized spacial score (nSPS) is 14.8. The Morgan fingerprint density at radius 2 is 1.82 bits per heavy atom. The molecule has 114 valence electrons. The van der Waals surface area contributed by atoms with Gasteiger partial charge in [-0.15, -0.1) is 0 Å². The lowest BCUT2D eigenvalue weighted by atomic mass is 10.3. The molecule has 3 rings (SSSR count). The Bertz CT molecular complexity index is 641. The molecule has 22 heavy (non-hydrogen) atoms. The summed E-state index contributed by atoms with van der Waals surface area (Å²) in [7, 11) is 0. The molecular formula is C15H16FN5O. The van der Waals surface area contributed by atoms with Gasteiger partial charge in [0.25, 0.3) is 0 Å². The van der Waals surface area contributed by atoms with Crippen LogP contribution in [0.4, 0.5) is 21.7 Å². The predicted octanol–water partition coefficient (Wildman–Crippen LogP) is 1.64. The molecule has 1 aromatic carbocycles. The topological polar surface area (TPSA) is 61.4 Å². The Morgan fingerprint density at radius 1 is 1.09 bits per heavy atom. The number of nitrogens with one attached hydrogen (secondary N) is 1. The molecule has 0 unspecified atom stereocenters. The molecule has 2 heterocycles. The Labute approximate surface area is 127 Å². The third kappa shape index (κ3) is 3.30. The van der Waals surface area contributed by atoms with Gasteiger partial charge < -0.3 is 15.1 Å². The Morgan fingerprint density at radius 3 is 2.50 bits per heavy atom. The molecule has 0 aliphatic carbocycles. The van der Waals surface area contributed by atoms with Crippen molar-refractivity contribution in [1.29, 1.82) is 0 Å². The maximum absolute atomic E-state index is 12.9. The van der Waals surface area contributed by atoms with E-state index in [1.807, 2.05) is 6.07 Å². The van der Waals surface area contributed by atoms with Crippen LogP contribution in [0.25, 0.3) is 0 Å². The minimum Gasteiger partial charge on any atom is -0.353 e. The molecule has 0 atom stereocenters. The van der Waals surface area contributed by atoms with Crippen molar-refractivity contribution in [3.63, 3.8) is 0 Å². The van der Waals surface area contributed by atoms with E-state index in [4.69, 9.17) is 0 Å². The van der Waals surface area contributed by atoms with E-state index in [1.165, 1.54) is 18.5 Å². The summed E-state index contributed by atoms with van der Waals surface area (Å²) >= 11 is 0. The number of aromatic nitrogens is 2. The lowest BCUT2D eigenvalue weighted by Crippen LogP contribution is -2.46. The first-order valence-corrected chi connectivity index (χ1v) is 7.03. The van der Waals surface area contributed by atoms with Crippen LogP contribution in [0.3, 0.4) is 0 Å². The summed E-state index contributed by atoms with van der Waals surface area (Å²) in [4.78, 5) is 23.0. The number of rotatable bonds is 4. The van der Waals surface area contributed by atoms with Crippen LogP contribution in [0.15, 0.2) is 36.7 Å². The first-order valence-electron chi connectivity index (χ1n) is 7.03.